The van der Waals surface area contributed by atoms with Crippen molar-refractivity contribution in [2.24, 2.45) is 0 Å². The number of aromatic nitrogens is 1. The summed E-state index contributed by atoms with van der Waals surface area (Å²) in [5, 5.41) is 5.43. The van der Waals surface area contributed by atoms with Gasteiger partial charge in [-0.15, -0.1) is 0 Å². The van der Waals surface area contributed by atoms with Gasteiger partial charge in [0.2, 0.25) is 5.91 Å². The molecular weight excluding hydrogens is 242 g/mol. The van der Waals surface area contributed by atoms with Gasteiger partial charge < -0.3 is 10.6 Å². The molecular formula is C11H14ClN3O2. The molecule has 0 radical (unpaired) electrons. The summed E-state index contributed by atoms with van der Waals surface area (Å²) in [6, 6.07) is 1.62. The van der Waals surface area contributed by atoms with Crippen molar-refractivity contribution in [1.82, 2.24) is 15.6 Å². The first-order chi connectivity index (χ1) is 8.04. The van der Waals surface area contributed by atoms with E-state index in [9.17, 15) is 9.59 Å². The summed E-state index contributed by atoms with van der Waals surface area (Å²) < 4.78 is 0. The lowest BCUT2D eigenvalue weighted by Gasteiger charge is -2.06. The van der Waals surface area contributed by atoms with Crippen LogP contribution >= 0.6 is 11.6 Å². The van der Waals surface area contributed by atoms with Crippen molar-refractivity contribution in [3.05, 3.63) is 28.5 Å². The molecule has 5 nitrogen and oxygen atoms in total. The monoisotopic (exact) mass is 255 g/mol. The molecule has 1 aromatic rings. The number of amides is 2. The Balaban J connectivity index is 2.55. The van der Waals surface area contributed by atoms with Gasteiger partial charge in [-0.05, 0) is 13.0 Å². The third kappa shape index (κ3) is 4.03. The van der Waals surface area contributed by atoms with Crippen molar-refractivity contribution in [2.75, 3.05) is 13.6 Å². The first kappa shape index (κ1) is 13.4. The molecule has 1 rings (SSSR count). The lowest BCUT2D eigenvalue weighted by molar-refractivity contribution is -0.120. The maximum absolute atomic E-state index is 11.7. The highest BCUT2D eigenvalue weighted by Gasteiger charge is 2.10. The predicted octanol–water partition coefficient (Wildman–Crippen LogP) is 0.909. The molecule has 0 aromatic carbocycles. The van der Waals surface area contributed by atoms with Crippen LogP contribution in [0.5, 0.6) is 0 Å². The summed E-state index contributed by atoms with van der Waals surface area (Å²) in [7, 11) is 1.55. The van der Waals surface area contributed by atoms with E-state index in [-0.39, 0.29) is 24.8 Å². The number of nitrogens with one attached hydrogen (secondary N) is 2. The van der Waals surface area contributed by atoms with E-state index in [0.29, 0.717) is 10.6 Å². The molecule has 2 N–H and O–H groups in total. The normalized spacial score (nSPS) is 9.82. The number of halogens is 1. The largest absolute Gasteiger partial charge is 0.359 e. The topological polar surface area (TPSA) is 71.1 Å². The van der Waals surface area contributed by atoms with Crippen molar-refractivity contribution in [2.45, 2.75) is 13.3 Å². The van der Waals surface area contributed by atoms with Gasteiger partial charge >= 0.3 is 0 Å². The number of hydrogen-bond donors (Lipinski definition) is 2. The van der Waals surface area contributed by atoms with Crippen molar-refractivity contribution < 1.29 is 9.59 Å². The first-order valence-electron chi connectivity index (χ1n) is 5.15. The van der Waals surface area contributed by atoms with Gasteiger partial charge in [-0.2, -0.15) is 0 Å². The minimum absolute atomic E-state index is 0.126. The van der Waals surface area contributed by atoms with Crippen molar-refractivity contribution >= 4 is 23.4 Å². The zero-order valence-corrected chi connectivity index (χ0v) is 10.5. The highest BCUT2D eigenvalue weighted by Crippen LogP contribution is 2.15. The number of carbonyl (C=O) groups is 2. The molecule has 1 aromatic heterocycles. The molecule has 0 unspecified atom stereocenters. The van der Waals surface area contributed by atoms with Crippen LogP contribution in [0.3, 0.4) is 0 Å². The molecule has 6 heteroatoms. The fourth-order valence-corrected chi connectivity index (χ4v) is 1.50. The van der Waals surface area contributed by atoms with Crippen molar-refractivity contribution in [3.63, 3.8) is 0 Å². The Hall–Kier alpha value is -1.62. The highest BCUT2D eigenvalue weighted by molar-refractivity contribution is 6.33. The third-order valence-corrected chi connectivity index (χ3v) is 2.46. The number of nitrogens with zero attached hydrogens (tertiary/aromatic N) is 1. The van der Waals surface area contributed by atoms with E-state index in [2.05, 4.69) is 15.6 Å². The Labute approximate surface area is 105 Å². The number of pyridine rings is 1. The molecule has 1 heterocycles. The summed E-state index contributed by atoms with van der Waals surface area (Å²) in [6.45, 7) is 2.06. The number of rotatable bonds is 4. The lowest BCUT2D eigenvalue weighted by Crippen LogP contribution is -2.29. The Bertz CT molecular complexity index is 435. The number of carbonyl (C=O) groups excluding carboxylic acids is 2. The van der Waals surface area contributed by atoms with Crippen LogP contribution in [0.15, 0.2) is 12.3 Å². The van der Waals surface area contributed by atoms with Gasteiger partial charge in [0.1, 0.15) is 0 Å². The molecule has 0 aliphatic heterocycles. The van der Waals surface area contributed by atoms with E-state index in [0.717, 1.165) is 5.69 Å². The third-order valence-electron chi connectivity index (χ3n) is 2.15. The van der Waals surface area contributed by atoms with Gasteiger partial charge in [0.15, 0.2) is 0 Å². The fraction of sp³-hybridized carbons (Fsp3) is 0.364. The van der Waals surface area contributed by atoms with Crippen LogP contribution in [0.4, 0.5) is 0 Å². The van der Waals surface area contributed by atoms with Gasteiger partial charge in [0.05, 0.1) is 10.6 Å². The summed E-state index contributed by atoms with van der Waals surface area (Å²) >= 11 is 5.91. The van der Waals surface area contributed by atoms with E-state index in [1.165, 1.54) is 6.20 Å². The van der Waals surface area contributed by atoms with Crippen molar-refractivity contribution in [1.29, 1.82) is 0 Å². The standard InChI is InChI=1S/C11H14ClN3O2/c1-7-5-9(12)8(6-15-7)11(17)14-4-3-10(16)13-2/h5-6H,3-4H2,1-2H3,(H,13,16)(H,14,17). The maximum Gasteiger partial charge on any atom is 0.254 e. The van der Waals surface area contributed by atoms with E-state index in [1.54, 1.807) is 20.0 Å². The molecule has 0 saturated heterocycles. The van der Waals surface area contributed by atoms with Gasteiger partial charge in [-0.25, -0.2) is 0 Å². The fourth-order valence-electron chi connectivity index (χ4n) is 1.20. The summed E-state index contributed by atoms with van der Waals surface area (Å²) in [4.78, 5) is 26.6. The van der Waals surface area contributed by atoms with Gasteiger partial charge in [0, 0.05) is 31.9 Å². The van der Waals surface area contributed by atoms with Gasteiger partial charge in [-0.3, -0.25) is 14.6 Å². The molecule has 92 valence electrons. The molecule has 0 spiro atoms. The van der Waals surface area contributed by atoms with Crippen LogP contribution in [-0.4, -0.2) is 30.4 Å². The number of aryl methyl sites for hydroxylation is 1. The number of hydrogen-bond acceptors (Lipinski definition) is 3. The second-order valence-electron chi connectivity index (χ2n) is 3.48. The maximum atomic E-state index is 11.7. The van der Waals surface area contributed by atoms with E-state index < -0.39 is 0 Å². The van der Waals surface area contributed by atoms with Crippen LogP contribution in [0.25, 0.3) is 0 Å². The lowest BCUT2D eigenvalue weighted by atomic mass is 10.2. The van der Waals surface area contributed by atoms with Gasteiger partial charge in [-0.1, -0.05) is 11.6 Å². The molecule has 0 bridgehead atoms. The molecule has 0 saturated carbocycles. The average Bonchev–Trinajstić information content (AvgIpc) is 2.28. The zero-order chi connectivity index (χ0) is 12.8. The van der Waals surface area contributed by atoms with E-state index >= 15 is 0 Å². The molecule has 17 heavy (non-hydrogen) atoms. The quantitative estimate of drug-likeness (QED) is 0.840. The minimum atomic E-state index is -0.327. The second kappa shape index (κ2) is 6.20. The molecule has 0 atom stereocenters. The Morgan fingerprint density at radius 2 is 2.18 bits per heavy atom. The van der Waals surface area contributed by atoms with Crippen LogP contribution in [0.2, 0.25) is 5.02 Å². The van der Waals surface area contributed by atoms with Crippen molar-refractivity contribution in [3.8, 4) is 0 Å². The highest BCUT2D eigenvalue weighted by atomic mass is 35.5. The van der Waals surface area contributed by atoms with Crippen LogP contribution < -0.4 is 10.6 Å². The molecule has 0 aliphatic carbocycles. The first-order valence-corrected chi connectivity index (χ1v) is 5.53. The summed E-state index contributed by atoms with van der Waals surface area (Å²) in [5.74, 6) is -0.454. The van der Waals surface area contributed by atoms with E-state index in [1.807, 2.05) is 0 Å². The summed E-state index contributed by atoms with van der Waals surface area (Å²) in [6.07, 6.45) is 1.66. The molecule has 0 aliphatic rings. The van der Waals surface area contributed by atoms with E-state index in [4.69, 9.17) is 11.6 Å². The molecule has 2 amide bonds. The molecule has 0 fully saturated rings. The Kier molecular flexibility index (Phi) is 4.90. The minimum Gasteiger partial charge on any atom is -0.359 e. The predicted molar refractivity (Wildman–Crippen MR) is 65.0 cm³/mol. The summed E-state index contributed by atoms with van der Waals surface area (Å²) in [5.41, 5.74) is 1.06. The van der Waals surface area contributed by atoms with Crippen LogP contribution in [-0.2, 0) is 4.79 Å². The SMILES string of the molecule is CNC(=O)CCNC(=O)c1cnc(C)cc1Cl. The van der Waals surface area contributed by atoms with Gasteiger partial charge in [0.25, 0.3) is 5.91 Å². The second-order valence-corrected chi connectivity index (χ2v) is 3.89. The Morgan fingerprint density at radius 1 is 1.47 bits per heavy atom. The Morgan fingerprint density at radius 3 is 2.76 bits per heavy atom. The smallest absolute Gasteiger partial charge is 0.254 e. The average molecular weight is 256 g/mol. The van der Waals surface area contributed by atoms with Crippen LogP contribution in [0, 0.1) is 6.92 Å². The van der Waals surface area contributed by atoms with Crippen LogP contribution in [0.1, 0.15) is 22.5 Å². The zero-order valence-electron chi connectivity index (χ0n) is 9.71.